The normalized spacial score (nSPS) is 15.1. The summed E-state index contributed by atoms with van der Waals surface area (Å²) in [5, 5.41) is 16.6. The Bertz CT molecular complexity index is 398. The lowest BCUT2D eigenvalue weighted by atomic mass is 10.1. The van der Waals surface area contributed by atoms with Crippen LogP contribution in [0.25, 0.3) is 0 Å². The summed E-state index contributed by atoms with van der Waals surface area (Å²) in [7, 11) is 0. The summed E-state index contributed by atoms with van der Waals surface area (Å²) in [5.41, 5.74) is 6.45. The minimum Gasteiger partial charge on any atom is -0.396 e. The SMILES string of the molecule is NC(=O)c1nnn(CCCCO)c1CC1CC1. The molecule has 1 aliphatic carbocycles. The molecule has 0 radical (unpaired) electrons. The summed E-state index contributed by atoms with van der Waals surface area (Å²) in [5.74, 6) is 0.150. The van der Waals surface area contributed by atoms with Gasteiger partial charge in [-0.2, -0.15) is 0 Å². The average molecular weight is 238 g/mol. The zero-order valence-electron chi connectivity index (χ0n) is 9.80. The molecule has 1 aliphatic rings. The number of amides is 1. The van der Waals surface area contributed by atoms with E-state index in [1.54, 1.807) is 4.68 Å². The summed E-state index contributed by atoms with van der Waals surface area (Å²) in [6.07, 6.45) is 4.81. The summed E-state index contributed by atoms with van der Waals surface area (Å²) in [6.45, 7) is 0.859. The number of aliphatic hydroxyl groups excluding tert-OH is 1. The number of aryl methyl sites for hydroxylation is 1. The van der Waals surface area contributed by atoms with Gasteiger partial charge >= 0.3 is 0 Å². The smallest absolute Gasteiger partial charge is 0.271 e. The van der Waals surface area contributed by atoms with Crippen molar-refractivity contribution in [3.63, 3.8) is 0 Å². The van der Waals surface area contributed by atoms with Gasteiger partial charge < -0.3 is 10.8 Å². The largest absolute Gasteiger partial charge is 0.396 e. The number of hydrogen-bond donors (Lipinski definition) is 2. The second-order valence-electron chi connectivity index (χ2n) is 4.55. The van der Waals surface area contributed by atoms with Gasteiger partial charge in [-0.1, -0.05) is 5.21 Å². The van der Waals surface area contributed by atoms with E-state index in [4.69, 9.17) is 10.8 Å². The van der Waals surface area contributed by atoms with Gasteiger partial charge in [0.2, 0.25) is 0 Å². The Morgan fingerprint density at radius 3 is 2.82 bits per heavy atom. The molecule has 6 nitrogen and oxygen atoms in total. The molecule has 0 aromatic carbocycles. The number of carbonyl (C=O) groups is 1. The Morgan fingerprint density at radius 2 is 2.24 bits per heavy atom. The highest BCUT2D eigenvalue weighted by atomic mass is 16.2. The van der Waals surface area contributed by atoms with Gasteiger partial charge in [-0.05, 0) is 38.0 Å². The lowest BCUT2D eigenvalue weighted by Crippen LogP contribution is -2.16. The first kappa shape index (κ1) is 12.0. The quantitative estimate of drug-likeness (QED) is 0.659. The molecule has 0 aliphatic heterocycles. The zero-order valence-corrected chi connectivity index (χ0v) is 9.80. The van der Waals surface area contributed by atoms with Crippen LogP contribution in [-0.4, -0.2) is 32.6 Å². The second-order valence-corrected chi connectivity index (χ2v) is 4.55. The predicted molar refractivity (Wildman–Crippen MR) is 61.3 cm³/mol. The van der Waals surface area contributed by atoms with Gasteiger partial charge in [0.05, 0.1) is 5.69 Å². The number of rotatable bonds is 7. The number of aromatic nitrogens is 3. The Kier molecular flexibility index (Phi) is 3.73. The van der Waals surface area contributed by atoms with Gasteiger partial charge in [-0.25, -0.2) is 4.68 Å². The molecule has 0 atom stereocenters. The molecule has 0 bridgehead atoms. The van der Waals surface area contributed by atoms with Crippen molar-refractivity contribution >= 4 is 5.91 Å². The molecule has 17 heavy (non-hydrogen) atoms. The third-order valence-corrected chi connectivity index (χ3v) is 3.03. The van der Waals surface area contributed by atoms with Crippen LogP contribution in [0.2, 0.25) is 0 Å². The molecule has 1 aromatic rings. The van der Waals surface area contributed by atoms with Gasteiger partial charge in [-0.15, -0.1) is 5.10 Å². The van der Waals surface area contributed by atoms with Crippen LogP contribution in [-0.2, 0) is 13.0 Å². The monoisotopic (exact) mass is 238 g/mol. The van der Waals surface area contributed by atoms with Crippen molar-refractivity contribution in [3.8, 4) is 0 Å². The molecular formula is C11H18N4O2. The van der Waals surface area contributed by atoms with E-state index < -0.39 is 5.91 Å². The third kappa shape index (κ3) is 3.03. The summed E-state index contributed by atoms with van der Waals surface area (Å²) in [6, 6.07) is 0. The topological polar surface area (TPSA) is 94.0 Å². The Hall–Kier alpha value is -1.43. The maximum absolute atomic E-state index is 11.2. The molecular weight excluding hydrogens is 220 g/mol. The van der Waals surface area contributed by atoms with Gasteiger partial charge in [0.1, 0.15) is 0 Å². The van der Waals surface area contributed by atoms with E-state index >= 15 is 0 Å². The van der Waals surface area contributed by atoms with Crippen LogP contribution in [0.5, 0.6) is 0 Å². The van der Waals surface area contributed by atoms with Crippen LogP contribution in [0.1, 0.15) is 41.9 Å². The van der Waals surface area contributed by atoms with Crippen LogP contribution in [0.3, 0.4) is 0 Å². The molecule has 1 heterocycles. The van der Waals surface area contributed by atoms with Crippen molar-refractivity contribution in [3.05, 3.63) is 11.4 Å². The maximum Gasteiger partial charge on any atom is 0.271 e. The molecule has 6 heteroatoms. The van der Waals surface area contributed by atoms with Crippen LogP contribution < -0.4 is 5.73 Å². The number of primary amides is 1. The number of carbonyl (C=O) groups excluding carboxylic acids is 1. The van der Waals surface area contributed by atoms with E-state index in [2.05, 4.69) is 10.3 Å². The molecule has 94 valence electrons. The van der Waals surface area contributed by atoms with Crippen molar-refractivity contribution < 1.29 is 9.90 Å². The fraction of sp³-hybridized carbons (Fsp3) is 0.727. The Labute approximate surface area is 99.8 Å². The van der Waals surface area contributed by atoms with Gasteiger partial charge in [0, 0.05) is 13.2 Å². The average Bonchev–Trinajstić information content (AvgIpc) is 3.01. The third-order valence-electron chi connectivity index (χ3n) is 3.03. The lowest BCUT2D eigenvalue weighted by Gasteiger charge is -2.05. The fourth-order valence-electron chi connectivity index (χ4n) is 1.87. The maximum atomic E-state index is 11.2. The zero-order chi connectivity index (χ0) is 12.3. The molecule has 1 aromatic heterocycles. The van der Waals surface area contributed by atoms with E-state index in [0.717, 1.165) is 25.0 Å². The van der Waals surface area contributed by atoms with Gasteiger partial charge in [-0.3, -0.25) is 4.79 Å². The summed E-state index contributed by atoms with van der Waals surface area (Å²) < 4.78 is 1.76. The Morgan fingerprint density at radius 1 is 1.47 bits per heavy atom. The molecule has 1 fully saturated rings. The fourth-order valence-corrected chi connectivity index (χ4v) is 1.87. The van der Waals surface area contributed by atoms with Crippen molar-refractivity contribution in [2.24, 2.45) is 11.7 Å². The summed E-state index contributed by atoms with van der Waals surface area (Å²) >= 11 is 0. The molecule has 0 saturated heterocycles. The first-order chi connectivity index (χ1) is 8.22. The molecule has 1 amide bonds. The summed E-state index contributed by atoms with van der Waals surface area (Å²) in [4.78, 5) is 11.2. The first-order valence-electron chi connectivity index (χ1n) is 6.05. The molecule has 0 unspecified atom stereocenters. The molecule has 0 spiro atoms. The molecule has 1 saturated carbocycles. The van der Waals surface area contributed by atoms with E-state index in [0.29, 0.717) is 18.2 Å². The van der Waals surface area contributed by atoms with Crippen molar-refractivity contribution in [2.45, 2.75) is 38.6 Å². The standard InChI is InChI=1S/C11H18N4O2/c12-11(17)10-9(7-8-3-4-8)15(14-13-10)5-1-2-6-16/h8,16H,1-7H2,(H2,12,17). The number of nitrogens with zero attached hydrogens (tertiary/aromatic N) is 3. The van der Waals surface area contributed by atoms with Crippen LogP contribution >= 0.6 is 0 Å². The highest BCUT2D eigenvalue weighted by Crippen LogP contribution is 2.33. The number of unbranched alkanes of at least 4 members (excludes halogenated alkanes) is 1. The minimum atomic E-state index is -0.506. The molecule has 3 N–H and O–H groups in total. The van der Waals surface area contributed by atoms with E-state index in [1.807, 2.05) is 0 Å². The van der Waals surface area contributed by atoms with Crippen molar-refractivity contribution in [1.82, 2.24) is 15.0 Å². The van der Waals surface area contributed by atoms with Gasteiger partial charge in [0.15, 0.2) is 5.69 Å². The lowest BCUT2D eigenvalue weighted by molar-refractivity contribution is 0.0994. The van der Waals surface area contributed by atoms with Crippen molar-refractivity contribution in [1.29, 1.82) is 0 Å². The van der Waals surface area contributed by atoms with E-state index in [9.17, 15) is 4.79 Å². The minimum absolute atomic E-state index is 0.176. The molecule has 2 rings (SSSR count). The highest BCUT2D eigenvalue weighted by Gasteiger charge is 2.27. The van der Waals surface area contributed by atoms with Crippen LogP contribution in [0, 0.1) is 5.92 Å². The number of aliphatic hydroxyl groups is 1. The second kappa shape index (κ2) is 5.27. The first-order valence-corrected chi connectivity index (χ1v) is 6.05. The van der Waals surface area contributed by atoms with E-state index in [-0.39, 0.29) is 6.61 Å². The van der Waals surface area contributed by atoms with E-state index in [1.165, 1.54) is 12.8 Å². The predicted octanol–water partition coefficient (Wildman–Crippen LogP) is 0.102. The van der Waals surface area contributed by atoms with Crippen LogP contribution in [0.15, 0.2) is 0 Å². The number of hydrogen-bond acceptors (Lipinski definition) is 4. The Balaban J connectivity index is 2.09. The van der Waals surface area contributed by atoms with Crippen LogP contribution in [0.4, 0.5) is 0 Å². The van der Waals surface area contributed by atoms with Gasteiger partial charge in [0.25, 0.3) is 5.91 Å². The van der Waals surface area contributed by atoms with Crippen molar-refractivity contribution in [2.75, 3.05) is 6.61 Å². The number of nitrogens with two attached hydrogens (primary N) is 1. The highest BCUT2D eigenvalue weighted by molar-refractivity contribution is 5.91.